The predicted molar refractivity (Wildman–Crippen MR) is 143 cm³/mol. The number of nitrogens with zero attached hydrogens (tertiary/aromatic N) is 2. The van der Waals surface area contributed by atoms with E-state index in [1.165, 1.54) is 11.3 Å². The van der Waals surface area contributed by atoms with Crippen molar-refractivity contribution < 1.29 is 14.4 Å². The van der Waals surface area contributed by atoms with Gasteiger partial charge in [0.2, 0.25) is 5.91 Å². The van der Waals surface area contributed by atoms with Crippen LogP contribution in [0.1, 0.15) is 20.7 Å². The molecule has 1 aromatic heterocycles. The van der Waals surface area contributed by atoms with Gasteiger partial charge >= 0.3 is 0 Å². The lowest BCUT2D eigenvalue weighted by molar-refractivity contribution is -0.115. The Balaban J connectivity index is 1.41. The minimum atomic E-state index is -0.379. The first-order chi connectivity index (χ1) is 17.3. The molecule has 4 aromatic rings. The van der Waals surface area contributed by atoms with Crippen LogP contribution in [0.2, 0.25) is 0 Å². The molecule has 0 fully saturated rings. The molecule has 182 valence electrons. The molecular formula is C27H25N5O3S. The van der Waals surface area contributed by atoms with E-state index in [1.807, 2.05) is 47.8 Å². The average molecular weight is 500 g/mol. The van der Waals surface area contributed by atoms with Gasteiger partial charge in [0.15, 0.2) is 5.13 Å². The Hall–Kier alpha value is -4.50. The van der Waals surface area contributed by atoms with Crippen molar-refractivity contribution in [3.63, 3.8) is 0 Å². The molecule has 0 atom stereocenters. The molecular weight excluding hydrogens is 474 g/mol. The molecule has 0 aliphatic carbocycles. The van der Waals surface area contributed by atoms with Crippen molar-refractivity contribution in [1.82, 2.24) is 15.2 Å². The fraction of sp³-hybridized carbons (Fsp3) is 0.111. The van der Waals surface area contributed by atoms with E-state index in [4.69, 9.17) is 5.73 Å². The minimum Gasteiger partial charge on any atom is -0.399 e. The number of carbonyl (C=O) groups excluding carboxylic acids is 3. The van der Waals surface area contributed by atoms with Gasteiger partial charge in [0.1, 0.15) is 0 Å². The number of aromatic nitrogens is 1. The van der Waals surface area contributed by atoms with Crippen LogP contribution in [0.5, 0.6) is 0 Å². The summed E-state index contributed by atoms with van der Waals surface area (Å²) >= 11 is 1.30. The maximum atomic E-state index is 12.3. The van der Waals surface area contributed by atoms with Crippen LogP contribution in [0, 0.1) is 0 Å². The number of nitrogens with two attached hydrogens (primary N) is 1. The van der Waals surface area contributed by atoms with E-state index >= 15 is 0 Å². The third-order valence-electron chi connectivity index (χ3n) is 5.34. The first-order valence-electron chi connectivity index (χ1n) is 11.1. The lowest BCUT2D eigenvalue weighted by atomic mass is 10.00. The first kappa shape index (κ1) is 24.6. The zero-order valence-electron chi connectivity index (χ0n) is 19.8. The molecule has 0 unspecified atom stereocenters. The molecule has 8 nitrogen and oxygen atoms in total. The molecule has 3 amide bonds. The summed E-state index contributed by atoms with van der Waals surface area (Å²) in [5.74, 6) is -0.800. The van der Waals surface area contributed by atoms with Gasteiger partial charge in [0, 0.05) is 41.9 Å². The van der Waals surface area contributed by atoms with Crippen LogP contribution >= 0.6 is 11.3 Å². The number of carbonyl (C=O) groups is 3. The molecule has 0 aliphatic heterocycles. The van der Waals surface area contributed by atoms with Crippen LogP contribution < -0.4 is 16.4 Å². The van der Waals surface area contributed by atoms with Gasteiger partial charge in [-0.3, -0.25) is 14.4 Å². The Morgan fingerprint density at radius 2 is 1.56 bits per heavy atom. The van der Waals surface area contributed by atoms with Crippen molar-refractivity contribution in [1.29, 1.82) is 0 Å². The molecule has 3 aromatic carbocycles. The lowest BCUT2D eigenvalue weighted by Crippen LogP contribution is -2.32. The molecule has 0 saturated heterocycles. The van der Waals surface area contributed by atoms with Crippen LogP contribution in [0.3, 0.4) is 0 Å². The summed E-state index contributed by atoms with van der Waals surface area (Å²) in [7, 11) is 3.45. The highest BCUT2D eigenvalue weighted by atomic mass is 32.1. The smallest absolute Gasteiger partial charge is 0.253 e. The van der Waals surface area contributed by atoms with Crippen LogP contribution in [-0.4, -0.2) is 48.2 Å². The van der Waals surface area contributed by atoms with E-state index in [-0.39, 0.29) is 24.3 Å². The third kappa shape index (κ3) is 5.94. The SMILES string of the molecule is CN(C)C(=O)c1cccc(-c2cccc(-c3csc(NC(=O)CNC(=O)c4ccc(N)cc4)n3)c2)c1. The topological polar surface area (TPSA) is 117 Å². The van der Waals surface area contributed by atoms with Crippen molar-refractivity contribution in [3.05, 3.63) is 89.3 Å². The lowest BCUT2D eigenvalue weighted by Gasteiger charge is -2.11. The summed E-state index contributed by atoms with van der Waals surface area (Å²) in [6.45, 7) is -0.185. The highest BCUT2D eigenvalue weighted by molar-refractivity contribution is 7.14. The normalized spacial score (nSPS) is 10.5. The minimum absolute atomic E-state index is 0.0578. The van der Waals surface area contributed by atoms with Gasteiger partial charge in [-0.15, -0.1) is 11.3 Å². The molecule has 9 heteroatoms. The summed E-state index contributed by atoms with van der Waals surface area (Å²) < 4.78 is 0. The number of amides is 3. The Labute approximate surface area is 212 Å². The number of rotatable bonds is 7. The Kier molecular flexibility index (Phi) is 7.41. The summed E-state index contributed by atoms with van der Waals surface area (Å²) in [5.41, 5.74) is 10.7. The van der Waals surface area contributed by atoms with E-state index in [0.29, 0.717) is 27.6 Å². The van der Waals surface area contributed by atoms with Gasteiger partial charge in [0.25, 0.3) is 11.8 Å². The van der Waals surface area contributed by atoms with Crippen LogP contribution in [0.4, 0.5) is 10.8 Å². The van der Waals surface area contributed by atoms with Crippen molar-refractivity contribution in [3.8, 4) is 22.4 Å². The summed E-state index contributed by atoms with van der Waals surface area (Å²) in [6.07, 6.45) is 0. The predicted octanol–water partition coefficient (Wildman–Crippen LogP) is 4.13. The Morgan fingerprint density at radius 1 is 0.889 bits per heavy atom. The van der Waals surface area contributed by atoms with Gasteiger partial charge in [0.05, 0.1) is 12.2 Å². The zero-order valence-corrected chi connectivity index (χ0v) is 20.6. The van der Waals surface area contributed by atoms with E-state index in [2.05, 4.69) is 15.6 Å². The number of nitrogens with one attached hydrogen (secondary N) is 2. The summed E-state index contributed by atoms with van der Waals surface area (Å²) in [5, 5.41) is 7.58. The number of nitrogen functional groups attached to an aromatic ring is 1. The number of hydrogen-bond acceptors (Lipinski definition) is 6. The van der Waals surface area contributed by atoms with Crippen LogP contribution in [-0.2, 0) is 4.79 Å². The Morgan fingerprint density at radius 3 is 2.28 bits per heavy atom. The standard InChI is InChI=1S/C27H25N5O3S/c1-32(2)26(35)21-8-4-6-19(14-21)18-5-3-7-20(13-18)23-16-36-27(30-23)31-24(33)15-29-25(34)17-9-11-22(28)12-10-17/h3-14,16H,15,28H2,1-2H3,(H,29,34)(H,30,31,33). The molecule has 36 heavy (non-hydrogen) atoms. The van der Waals surface area contributed by atoms with Gasteiger partial charge in [-0.05, 0) is 53.6 Å². The largest absolute Gasteiger partial charge is 0.399 e. The molecule has 1 heterocycles. The van der Waals surface area contributed by atoms with Crippen molar-refractivity contribution in [2.45, 2.75) is 0 Å². The van der Waals surface area contributed by atoms with Gasteiger partial charge in [-0.2, -0.15) is 0 Å². The first-order valence-corrected chi connectivity index (χ1v) is 12.0. The number of thiazole rings is 1. The monoisotopic (exact) mass is 499 g/mol. The highest BCUT2D eigenvalue weighted by Crippen LogP contribution is 2.29. The van der Waals surface area contributed by atoms with E-state index in [0.717, 1.165) is 16.7 Å². The van der Waals surface area contributed by atoms with E-state index < -0.39 is 0 Å². The second-order valence-corrected chi connectivity index (χ2v) is 9.11. The quantitative estimate of drug-likeness (QED) is 0.331. The zero-order chi connectivity index (χ0) is 25.7. The fourth-order valence-corrected chi connectivity index (χ4v) is 4.21. The molecule has 0 spiro atoms. The second kappa shape index (κ2) is 10.8. The van der Waals surface area contributed by atoms with Crippen molar-refractivity contribution in [2.75, 3.05) is 31.7 Å². The Bertz CT molecular complexity index is 1410. The van der Waals surface area contributed by atoms with Gasteiger partial charge in [-0.1, -0.05) is 30.3 Å². The maximum absolute atomic E-state index is 12.3. The van der Waals surface area contributed by atoms with E-state index in [9.17, 15) is 14.4 Å². The molecule has 0 aliphatic rings. The molecule has 0 radical (unpaired) electrons. The summed E-state index contributed by atoms with van der Waals surface area (Å²) in [6, 6.07) is 21.8. The number of benzene rings is 3. The third-order valence-corrected chi connectivity index (χ3v) is 6.10. The van der Waals surface area contributed by atoms with Crippen molar-refractivity contribution in [2.24, 2.45) is 0 Å². The molecule has 4 rings (SSSR count). The van der Waals surface area contributed by atoms with Gasteiger partial charge < -0.3 is 21.3 Å². The second-order valence-electron chi connectivity index (χ2n) is 8.25. The van der Waals surface area contributed by atoms with E-state index in [1.54, 1.807) is 49.3 Å². The van der Waals surface area contributed by atoms with Crippen LogP contribution in [0.15, 0.2) is 78.2 Å². The number of hydrogen-bond donors (Lipinski definition) is 3. The maximum Gasteiger partial charge on any atom is 0.253 e. The average Bonchev–Trinajstić information content (AvgIpc) is 3.35. The fourth-order valence-electron chi connectivity index (χ4n) is 3.47. The van der Waals surface area contributed by atoms with Gasteiger partial charge in [-0.25, -0.2) is 4.98 Å². The highest BCUT2D eigenvalue weighted by Gasteiger charge is 2.12. The molecule has 0 saturated carbocycles. The van der Waals surface area contributed by atoms with Crippen LogP contribution in [0.25, 0.3) is 22.4 Å². The number of anilines is 2. The molecule has 0 bridgehead atoms. The van der Waals surface area contributed by atoms with Crippen molar-refractivity contribution >= 4 is 39.9 Å². The molecule has 4 N–H and O–H groups in total. The summed E-state index contributed by atoms with van der Waals surface area (Å²) in [4.78, 5) is 42.9.